The van der Waals surface area contributed by atoms with Gasteiger partial charge in [-0.25, -0.2) is 4.98 Å². The first kappa shape index (κ1) is 17.3. The van der Waals surface area contributed by atoms with Crippen molar-refractivity contribution in [1.82, 2.24) is 19.5 Å². The van der Waals surface area contributed by atoms with E-state index in [0.29, 0.717) is 16.7 Å². The lowest BCUT2D eigenvalue weighted by molar-refractivity contribution is 0.669. The number of benzene rings is 7. The maximum absolute atomic E-state index is 9.37. The predicted molar refractivity (Wildman–Crippen MR) is 211 cm³/mol. The van der Waals surface area contributed by atoms with Crippen molar-refractivity contribution in [3.63, 3.8) is 0 Å². The first-order valence-corrected chi connectivity index (χ1v) is 16.5. The molecule has 0 atom stereocenters. The molecule has 0 amide bonds. The van der Waals surface area contributed by atoms with Crippen LogP contribution in [0.5, 0.6) is 0 Å². The second kappa shape index (κ2) is 10.9. The third kappa shape index (κ3) is 4.30. The second-order valence-electron chi connectivity index (χ2n) is 11.7. The quantitative estimate of drug-likeness (QED) is 0.185. The number of para-hydroxylation sites is 1. The molecule has 0 aliphatic rings. The van der Waals surface area contributed by atoms with Gasteiger partial charge in [-0.3, -0.25) is 4.57 Å². The minimum Gasteiger partial charge on any atom is -0.456 e. The van der Waals surface area contributed by atoms with Crippen molar-refractivity contribution in [2.45, 2.75) is 0 Å². The third-order valence-electron chi connectivity index (χ3n) is 8.86. The van der Waals surface area contributed by atoms with E-state index in [1.807, 2.05) is 54.6 Å². The Morgan fingerprint density at radius 3 is 2.20 bits per heavy atom. The van der Waals surface area contributed by atoms with Gasteiger partial charge in [-0.15, -0.1) is 11.3 Å². The van der Waals surface area contributed by atoms with Crippen molar-refractivity contribution >= 4 is 75.3 Å². The summed E-state index contributed by atoms with van der Waals surface area (Å²) in [6.07, 6.45) is 0. The third-order valence-corrected chi connectivity index (χ3v) is 9.88. The maximum atomic E-state index is 9.37. The van der Waals surface area contributed by atoms with E-state index in [2.05, 4.69) is 0 Å². The van der Waals surface area contributed by atoms with Crippen LogP contribution in [-0.2, 0) is 0 Å². The Hall–Kier alpha value is -6.63. The molecule has 238 valence electrons. The van der Waals surface area contributed by atoms with E-state index in [9.17, 15) is 4.11 Å². The van der Waals surface area contributed by atoms with Crippen molar-refractivity contribution in [1.29, 1.82) is 0 Å². The number of thiophene rings is 1. The Morgan fingerprint density at radius 2 is 1.31 bits per heavy atom. The molecule has 4 aromatic heterocycles. The zero-order chi connectivity index (χ0) is 46.5. The largest absolute Gasteiger partial charge is 0.456 e. The monoisotopic (exact) mass is 685 g/mol. The van der Waals surface area contributed by atoms with Gasteiger partial charge in [0.05, 0.1) is 31.6 Å². The van der Waals surface area contributed by atoms with Crippen LogP contribution in [0.4, 0.5) is 0 Å². The van der Waals surface area contributed by atoms with Gasteiger partial charge in [0.2, 0.25) is 5.95 Å². The molecule has 0 aliphatic heterocycles. The average Bonchev–Trinajstić information content (AvgIpc) is 4.02. The van der Waals surface area contributed by atoms with E-state index in [-0.39, 0.29) is 47.8 Å². The van der Waals surface area contributed by atoms with E-state index in [1.165, 1.54) is 4.57 Å². The van der Waals surface area contributed by atoms with Crippen LogP contribution in [0, 0.1) is 0 Å². The summed E-state index contributed by atoms with van der Waals surface area (Å²) >= 11 is 0.848. The van der Waals surface area contributed by atoms with Crippen LogP contribution in [0.25, 0.3) is 104 Å². The van der Waals surface area contributed by atoms with E-state index >= 15 is 0 Å². The zero-order valence-electron chi connectivity index (χ0n) is 41.0. The van der Waals surface area contributed by atoms with Gasteiger partial charge >= 0.3 is 0 Å². The fourth-order valence-corrected chi connectivity index (χ4v) is 7.66. The minimum absolute atomic E-state index is 0.0234. The van der Waals surface area contributed by atoms with Gasteiger partial charge in [0.25, 0.3) is 0 Å². The number of aromatic nitrogens is 4. The summed E-state index contributed by atoms with van der Waals surface area (Å²) in [7, 11) is 0. The summed E-state index contributed by atoms with van der Waals surface area (Å²) in [6.45, 7) is 0. The van der Waals surface area contributed by atoms with Crippen molar-refractivity contribution in [3.05, 3.63) is 157 Å². The van der Waals surface area contributed by atoms with Crippen LogP contribution < -0.4 is 0 Å². The Bertz CT molecular complexity index is 3990. The van der Waals surface area contributed by atoms with E-state index in [1.54, 1.807) is 12.1 Å². The van der Waals surface area contributed by atoms with Gasteiger partial charge in [0, 0.05) is 52.8 Å². The summed E-state index contributed by atoms with van der Waals surface area (Å²) < 4.78 is 140. The molecule has 4 heterocycles. The molecule has 0 saturated carbocycles. The zero-order valence-corrected chi connectivity index (χ0v) is 26.8. The van der Waals surface area contributed by atoms with Gasteiger partial charge in [-0.1, -0.05) is 121 Å². The standard InChI is InChI=1S/C45H26N4OS/c1-3-12-27(13-4-1)30-18-11-20-36-40(30)33-23-22-29(26-37(33)50-36)44-46-43(28-14-5-2-6-15-28)47-45(48-44)49-35-19-9-7-16-31(35)32-24-25-39-41(42(32)49)34-17-8-10-21-38(34)51-39/h1-26H/i2D,5D,6D,7D,8D,9D,10D,14D,15D,16D,17D,19D,21D,24D,25D. The van der Waals surface area contributed by atoms with Crippen LogP contribution in [0.1, 0.15) is 20.6 Å². The van der Waals surface area contributed by atoms with E-state index in [4.69, 9.17) is 35.8 Å². The van der Waals surface area contributed by atoms with Gasteiger partial charge in [-0.05, 0) is 47.5 Å². The van der Waals surface area contributed by atoms with Gasteiger partial charge < -0.3 is 4.42 Å². The Labute approximate surface area is 316 Å². The van der Waals surface area contributed by atoms with Crippen LogP contribution in [0.2, 0.25) is 0 Å². The molecule has 0 unspecified atom stereocenters. The molecule has 6 heteroatoms. The first-order valence-electron chi connectivity index (χ1n) is 23.2. The van der Waals surface area contributed by atoms with Crippen LogP contribution in [-0.4, -0.2) is 19.5 Å². The maximum Gasteiger partial charge on any atom is 0.238 e. The van der Waals surface area contributed by atoms with Crippen LogP contribution in [0.15, 0.2) is 162 Å². The Kier molecular flexibility index (Phi) is 3.72. The smallest absolute Gasteiger partial charge is 0.238 e. The number of hydrogen-bond acceptors (Lipinski definition) is 5. The highest BCUT2D eigenvalue weighted by Crippen LogP contribution is 2.43. The lowest BCUT2D eigenvalue weighted by Crippen LogP contribution is -2.06. The molecular weight excluding hydrogens is 645 g/mol. The predicted octanol–water partition coefficient (Wildman–Crippen LogP) is 12.2. The molecule has 51 heavy (non-hydrogen) atoms. The number of hydrogen-bond donors (Lipinski definition) is 0. The highest BCUT2D eigenvalue weighted by molar-refractivity contribution is 7.26. The Balaban J connectivity index is 1.32. The van der Waals surface area contributed by atoms with Gasteiger partial charge in [-0.2, -0.15) is 9.97 Å². The molecule has 0 fully saturated rings. The average molecular weight is 686 g/mol. The van der Waals surface area contributed by atoms with Gasteiger partial charge in [0.1, 0.15) is 11.2 Å². The molecule has 0 radical (unpaired) electrons. The number of rotatable bonds is 4. The molecule has 11 aromatic rings. The summed E-state index contributed by atoms with van der Waals surface area (Å²) in [5.74, 6) is -0.947. The normalized spacial score (nSPS) is 16.0. The molecule has 0 N–H and O–H groups in total. The van der Waals surface area contributed by atoms with Gasteiger partial charge in [0.15, 0.2) is 11.6 Å². The SMILES string of the molecule is [2H]c1c([2H])c([2H])c(-c2nc(-c3ccc4c(c3)oc3cccc(-c5ccccc5)c34)nc(-n3c4c([2H])c([2H])c([2H])c([2H])c4c4c([2H])c([2H])c5sc6c([2H])c([2H])c([2H])c([2H])c6c5c43)n2)c([2H])c1[2H]. The number of nitrogens with zero attached hydrogens (tertiary/aromatic N) is 4. The molecule has 0 saturated heterocycles. The summed E-state index contributed by atoms with van der Waals surface area (Å²) in [5, 5.41) is 1.20. The molecule has 11 rings (SSSR count). The molecule has 7 aromatic carbocycles. The lowest BCUT2D eigenvalue weighted by Gasteiger charge is -2.11. The van der Waals surface area contributed by atoms with Crippen LogP contribution in [0.3, 0.4) is 0 Å². The number of furan rings is 1. The summed E-state index contributed by atoms with van der Waals surface area (Å²) in [4.78, 5) is 14.3. The first-order chi connectivity index (χ1) is 31.5. The van der Waals surface area contributed by atoms with E-state index < -0.39 is 108 Å². The van der Waals surface area contributed by atoms with Crippen LogP contribution >= 0.6 is 11.3 Å². The lowest BCUT2D eigenvalue weighted by atomic mass is 9.99. The Morgan fingerprint density at radius 1 is 0.529 bits per heavy atom. The highest BCUT2D eigenvalue weighted by atomic mass is 32.1. The fraction of sp³-hybridized carbons (Fsp3) is 0. The fourth-order valence-electron chi connectivity index (χ4n) is 6.70. The summed E-state index contributed by atoms with van der Waals surface area (Å²) in [6, 6.07) is 11.9. The van der Waals surface area contributed by atoms with E-state index in [0.717, 1.165) is 33.2 Å². The minimum atomic E-state index is -0.680. The highest BCUT2D eigenvalue weighted by Gasteiger charge is 2.22. The topological polar surface area (TPSA) is 56.7 Å². The summed E-state index contributed by atoms with van der Waals surface area (Å²) in [5.41, 5.74) is 2.42. The van der Waals surface area contributed by atoms with Crippen molar-refractivity contribution in [2.75, 3.05) is 0 Å². The van der Waals surface area contributed by atoms with Crippen molar-refractivity contribution in [3.8, 4) is 39.9 Å². The molecule has 0 bridgehead atoms. The molecule has 5 nitrogen and oxygen atoms in total. The molecule has 0 spiro atoms. The molecule has 0 aliphatic carbocycles. The second-order valence-corrected chi connectivity index (χ2v) is 12.7. The van der Waals surface area contributed by atoms with Crippen molar-refractivity contribution in [2.24, 2.45) is 0 Å². The molecular formula is C45H26N4OS. The number of fused-ring (bicyclic) bond motifs is 10. The van der Waals surface area contributed by atoms with Crippen molar-refractivity contribution < 1.29 is 25.0 Å².